The Labute approximate surface area is 126 Å². The minimum absolute atomic E-state index is 0.0759. The quantitative estimate of drug-likeness (QED) is 0.801. The van der Waals surface area contributed by atoms with Gasteiger partial charge in [-0.3, -0.25) is 4.79 Å². The molecule has 116 valence electrons. The predicted octanol–water partition coefficient (Wildman–Crippen LogP) is 0.865. The van der Waals surface area contributed by atoms with Crippen molar-refractivity contribution in [2.24, 2.45) is 5.73 Å². The number of aromatic carboxylic acids is 1. The molecule has 1 aromatic rings. The molecule has 1 amide bonds. The molecule has 0 unspecified atom stereocenters. The molecule has 1 aromatic heterocycles. The Balaban J connectivity index is 2.35. The van der Waals surface area contributed by atoms with Crippen molar-refractivity contribution in [3.63, 3.8) is 0 Å². The smallest absolute Gasteiger partial charge is 0.336 e. The lowest BCUT2D eigenvalue weighted by molar-refractivity contribution is -0.118. The van der Waals surface area contributed by atoms with Gasteiger partial charge in [-0.05, 0) is 18.9 Å². The van der Waals surface area contributed by atoms with E-state index in [1.54, 1.807) is 0 Å². The van der Waals surface area contributed by atoms with Gasteiger partial charge >= 0.3 is 5.97 Å². The van der Waals surface area contributed by atoms with Crippen molar-refractivity contribution in [1.82, 2.24) is 4.31 Å². The number of carboxylic acids is 1. The predicted molar refractivity (Wildman–Crippen MR) is 76.6 cm³/mol. The summed E-state index contributed by atoms with van der Waals surface area (Å²) in [6.07, 6.45) is 3.17. The van der Waals surface area contributed by atoms with Gasteiger partial charge in [0.15, 0.2) is 0 Å². The van der Waals surface area contributed by atoms with E-state index in [1.165, 1.54) is 5.38 Å². The SMILES string of the molecule is NC(=O)CN(C1CCCC1)S(=O)(=O)c1cc(C(=O)O)cs1. The van der Waals surface area contributed by atoms with Crippen molar-refractivity contribution in [2.45, 2.75) is 35.9 Å². The van der Waals surface area contributed by atoms with Gasteiger partial charge in [0.25, 0.3) is 10.0 Å². The van der Waals surface area contributed by atoms with E-state index in [2.05, 4.69) is 0 Å². The van der Waals surface area contributed by atoms with Crippen LogP contribution < -0.4 is 5.73 Å². The third kappa shape index (κ3) is 3.42. The average Bonchev–Trinajstić information content (AvgIpc) is 3.06. The van der Waals surface area contributed by atoms with Crippen LogP contribution in [0, 0.1) is 0 Å². The summed E-state index contributed by atoms with van der Waals surface area (Å²) in [5.41, 5.74) is 5.07. The minimum Gasteiger partial charge on any atom is -0.478 e. The first kappa shape index (κ1) is 15.9. The summed E-state index contributed by atoms with van der Waals surface area (Å²) in [5, 5.41) is 10.2. The minimum atomic E-state index is -3.90. The van der Waals surface area contributed by atoms with Gasteiger partial charge < -0.3 is 10.8 Å². The molecule has 1 heterocycles. The molecule has 3 N–H and O–H groups in total. The lowest BCUT2D eigenvalue weighted by Crippen LogP contribution is -2.43. The highest BCUT2D eigenvalue weighted by atomic mass is 32.2. The van der Waals surface area contributed by atoms with Crippen molar-refractivity contribution >= 4 is 33.2 Å². The van der Waals surface area contributed by atoms with Gasteiger partial charge in [-0.1, -0.05) is 12.8 Å². The molecule has 0 spiro atoms. The Morgan fingerprint density at radius 2 is 2.00 bits per heavy atom. The number of carbonyl (C=O) groups excluding carboxylic acids is 1. The second kappa shape index (κ2) is 6.12. The number of nitrogens with zero attached hydrogens (tertiary/aromatic N) is 1. The monoisotopic (exact) mass is 332 g/mol. The number of thiophene rings is 1. The Hall–Kier alpha value is -1.45. The molecule has 2 rings (SSSR count). The zero-order valence-corrected chi connectivity index (χ0v) is 12.8. The van der Waals surface area contributed by atoms with Gasteiger partial charge in [0.1, 0.15) is 4.21 Å². The summed E-state index contributed by atoms with van der Waals surface area (Å²) in [6.45, 7) is -0.382. The fourth-order valence-electron chi connectivity index (χ4n) is 2.44. The second-order valence-electron chi connectivity index (χ2n) is 4.91. The Kier molecular flexibility index (Phi) is 4.64. The molecule has 0 aromatic carbocycles. The van der Waals surface area contributed by atoms with Crippen molar-refractivity contribution in [3.8, 4) is 0 Å². The lowest BCUT2D eigenvalue weighted by atomic mass is 10.2. The first-order valence-electron chi connectivity index (χ1n) is 6.44. The van der Waals surface area contributed by atoms with Gasteiger partial charge in [0.2, 0.25) is 5.91 Å². The van der Waals surface area contributed by atoms with Crippen molar-refractivity contribution in [1.29, 1.82) is 0 Å². The number of amides is 1. The van der Waals surface area contributed by atoms with Gasteiger partial charge in [0, 0.05) is 11.4 Å². The number of sulfonamides is 1. The first-order valence-corrected chi connectivity index (χ1v) is 8.76. The van der Waals surface area contributed by atoms with Crippen LogP contribution in [-0.4, -0.2) is 42.3 Å². The molecule has 0 saturated heterocycles. The van der Waals surface area contributed by atoms with E-state index in [0.29, 0.717) is 12.8 Å². The summed E-state index contributed by atoms with van der Waals surface area (Å²) in [6, 6.07) is 0.864. The van der Waals surface area contributed by atoms with Gasteiger partial charge in [-0.25, -0.2) is 13.2 Å². The highest BCUT2D eigenvalue weighted by Crippen LogP contribution is 2.31. The van der Waals surface area contributed by atoms with Gasteiger partial charge in [0.05, 0.1) is 12.1 Å². The van der Waals surface area contributed by atoms with Crippen LogP contribution in [0.5, 0.6) is 0 Å². The van der Waals surface area contributed by atoms with Gasteiger partial charge in [-0.15, -0.1) is 11.3 Å². The average molecular weight is 332 g/mol. The number of hydrogen-bond acceptors (Lipinski definition) is 5. The lowest BCUT2D eigenvalue weighted by Gasteiger charge is -2.26. The highest BCUT2D eigenvalue weighted by molar-refractivity contribution is 7.91. The van der Waals surface area contributed by atoms with Crippen LogP contribution in [-0.2, 0) is 14.8 Å². The number of primary amides is 1. The summed E-state index contributed by atoms with van der Waals surface area (Å²) in [5.74, 6) is -1.91. The molecule has 0 aliphatic heterocycles. The highest BCUT2D eigenvalue weighted by Gasteiger charge is 2.35. The van der Waals surface area contributed by atoms with Crippen molar-refractivity contribution < 1.29 is 23.1 Å². The number of carbonyl (C=O) groups is 2. The molecule has 1 aliphatic carbocycles. The summed E-state index contributed by atoms with van der Waals surface area (Å²) >= 11 is 0.836. The van der Waals surface area contributed by atoms with Crippen LogP contribution in [0.4, 0.5) is 0 Å². The van der Waals surface area contributed by atoms with E-state index in [4.69, 9.17) is 10.8 Å². The zero-order chi connectivity index (χ0) is 15.6. The third-order valence-electron chi connectivity index (χ3n) is 3.43. The molecule has 9 heteroatoms. The van der Waals surface area contributed by atoms with E-state index >= 15 is 0 Å². The van der Waals surface area contributed by atoms with Crippen LogP contribution in [0.1, 0.15) is 36.0 Å². The van der Waals surface area contributed by atoms with Crippen molar-refractivity contribution in [3.05, 3.63) is 17.0 Å². The number of rotatable bonds is 6. The number of hydrogen-bond donors (Lipinski definition) is 2. The maximum atomic E-state index is 12.6. The molecule has 0 radical (unpaired) electrons. The summed E-state index contributed by atoms with van der Waals surface area (Å²) in [4.78, 5) is 22.1. The topological polar surface area (TPSA) is 118 Å². The van der Waals surface area contributed by atoms with Crippen LogP contribution in [0.2, 0.25) is 0 Å². The fourth-order valence-corrected chi connectivity index (χ4v) is 5.37. The fraction of sp³-hybridized carbons (Fsp3) is 0.500. The molecule has 1 saturated carbocycles. The van der Waals surface area contributed by atoms with E-state index in [0.717, 1.165) is 34.6 Å². The van der Waals surface area contributed by atoms with Crippen molar-refractivity contribution in [2.75, 3.05) is 6.54 Å². The molecular formula is C12H16N2O5S2. The van der Waals surface area contributed by atoms with E-state index in [9.17, 15) is 18.0 Å². The largest absolute Gasteiger partial charge is 0.478 e. The summed E-state index contributed by atoms with van der Waals surface area (Å²) < 4.78 is 26.3. The first-order chi connectivity index (χ1) is 9.82. The third-order valence-corrected chi connectivity index (χ3v) is 6.74. The molecule has 1 aliphatic rings. The molecule has 21 heavy (non-hydrogen) atoms. The van der Waals surface area contributed by atoms with E-state index < -0.39 is 21.9 Å². The molecular weight excluding hydrogens is 316 g/mol. The maximum absolute atomic E-state index is 12.6. The number of carboxylic acid groups (broad SMARTS) is 1. The number of nitrogens with two attached hydrogens (primary N) is 1. The van der Waals surface area contributed by atoms with E-state index in [-0.39, 0.29) is 22.4 Å². The maximum Gasteiger partial charge on any atom is 0.336 e. The molecule has 0 atom stereocenters. The van der Waals surface area contributed by atoms with Crippen LogP contribution in [0.25, 0.3) is 0 Å². The Morgan fingerprint density at radius 1 is 1.38 bits per heavy atom. The Morgan fingerprint density at radius 3 is 2.48 bits per heavy atom. The second-order valence-corrected chi connectivity index (χ2v) is 7.94. The zero-order valence-electron chi connectivity index (χ0n) is 11.2. The molecule has 7 nitrogen and oxygen atoms in total. The summed E-state index contributed by atoms with van der Waals surface area (Å²) in [7, 11) is -3.90. The van der Waals surface area contributed by atoms with Crippen LogP contribution in [0.3, 0.4) is 0 Å². The normalized spacial score (nSPS) is 16.4. The van der Waals surface area contributed by atoms with Crippen LogP contribution in [0.15, 0.2) is 15.7 Å². The standard InChI is InChI=1S/C12H16N2O5S2/c13-10(15)6-14(9-3-1-2-4-9)21(18,19)11-5-8(7-20-11)12(16)17/h5,7,9H,1-4,6H2,(H2,13,15)(H,16,17). The van der Waals surface area contributed by atoms with E-state index in [1.807, 2.05) is 0 Å². The Bertz CT molecular complexity index is 646. The van der Waals surface area contributed by atoms with Crippen LogP contribution >= 0.6 is 11.3 Å². The van der Waals surface area contributed by atoms with Gasteiger partial charge in [-0.2, -0.15) is 4.31 Å². The molecule has 1 fully saturated rings. The molecule has 0 bridgehead atoms.